The molecule has 4 heterocycles. The maximum Gasteiger partial charge on any atom is 0.288 e. The molecule has 1 aliphatic rings. The summed E-state index contributed by atoms with van der Waals surface area (Å²) < 4.78 is 1.18. The van der Waals surface area contributed by atoms with Crippen LogP contribution < -0.4 is 5.56 Å². The minimum Gasteiger partial charge on any atom is -0.334 e. The van der Waals surface area contributed by atoms with Gasteiger partial charge in [0.15, 0.2) is 0 Å². The number of amides is 1. The fraction of sp³-hybridized carbons (Fsp3) is 0.267. The van der Waals surface area contributed by atoms with Crippen LogP contribution in [0.25, 0.3) is 4.96 Å². The predicted molar refractivity (Wildman–Crippen MR) is 89.6 cm³/mol. The lowest BCUT2D eigenvalue weighted by Gasteiger charge is -2.28. The Balaban J connectivity index is 1.69. The number of halogens is 1. The predicted octanol–water partition coefficient (Wildman–Crippen LogP) is 1.71. The summed E-state index contributed by atoms with van der Waals surface area (Å²) >= 11 is 7.28. The second kappa shape index (κ2) is 5.64. The van der Waals surface area contributed by atoms with Gasteiger partial charge in [-0.1, -0.05) is 22.9 Å². The minimum absolute atomic E-state index is 0.0243. The van der Waals surface area contributed by atoms with Gasteiger partial charge in [0, 0.05) is 37.6 Å². The van der Waals surface area contributed by atoms with E-state index < -0.39 is 5.56 Å². The molecule has 3 aromatic heterocycles. The maximum absolute atomic E-state index is 12.8. The van der Waals surface area contributed by atoms with Gasteiger partial charge in [-0.2, -0.15) is 9.61 Å². The third kappa shape index (κ3) is 2.47. The molecule has 0 unspecified atom stereocenters. The van der Waals surface area contributed by atoms with Crippen LogP contribution in [0.2, 0.25) is 5.02 Å². The molecule has 0 radical (unpaired) electrons. The molecule has 122 valence electrons. The number of nitrogens with zero attached hydrogens (tertiary/aromatic N) is 5. The summed E-state index contributed by atoms with van der Waals surface area (Å²) in [4.78, 5) is 35.8. The third-order valence-electron chi connectivity index (χ3n) is 3.91. The summed E-state index contributed by atoms with van der Waals surface area (Å²) in [6.07, 6.45) is 3.57. The number of rotatable bonds is 1. The number of pyridine rings is 1. The highest BCUT2D eigenvalue weighted by atomic mass is 35.5. The smallest absolute Gasteiger partial charge is 0.288 e. The fourth-order valence-electron chi connectivity index (χ4n) is 2.77. The van der Waals surface area contributed by atoms with E-state index in [1.54, 1.807) is 24.1 Å². The van der Waals surface area contributed by atoms with Crippen molar-refractivity contribution in [3.63, 3.8) is 0 Å². The molecule has 0 spiro atoms. The van der Waals surface area contributed by atoms with Gasteiger partial charge >= 0.3 is 0 Å². The summed E-state index contributed by atoms with van der Waals surface area (Å²) in [5.41, 5.74) is 1.42. The first-order valence-electron chi connectivity index (χ1n) is 7.31. The van der Waals surface area contributed by atoms with E-state index in [1.807, 2.05) is 0 Å². The van der Waals surface area contributed by atoms with Crippen LogP contribution in [0.5, 0.6) is 0 Å². The molecule has 0 atom stereocenters. The summed E-state index contributed by atoms with van der Waals surface area (Å²) in [5, 5.41) is 5.36. The zero-order valence-electron chi connectivity index (χ0n) is 12.7. The van der Waals surface area contributed by atoms with Crippen LogP contribution in [0.1, 0.15) is 26.6 Å². The maximum atomic E-state index is 12.8. The van der Waals surface area contributed by atoms with E-state index in [1.165, 1.54) is 22.0 Å². The molecule has 9 heteroatoms. The van der Waals surface area contributed by atoms with E-state index in [-0.39, 0.29) is 11.5 Å². The monoisotopic (exact) mass is 361 g/mol. The van der Waals surface area contributed by atoms with Gasteiger partial charge in [-0.25, -0.2) is 4.98 Å². The summed E-state index contributed by atoms with van der Waals surface area (Å²) in [7, 11) is 0. The van der Waals surface area contributed by atoms with Crippen molar-refractivity contribution < 1.29 is 4.79 Å². The van der Waals surface area contributed by atoms with Gasteiger partial charge in [-0.3, -0.25) is 14.6 Å². The molecule has 24 heavy (non-hydrogen) atoms. The average molecular weight is 362 g/mol. The number of carbonyl (C=O) groups excluding carboxylic acids is 1. The molecule has 1 aliphatic heterocycles. The van der Waals surface area contributed by atoms with E-state index in [0.29, 0.717) is 29.5 Å². The van der Waals surface area contributed by atoms with Gasteiger partial charge in [0.05, 0.1) is 5.02 Å². The van der Waals surface area contributed by atoms with Crippen LogP contribution in [0.4, 0.5) is 0 Å². The van der Waals surface area contributed by atoms with Crippen LogP contribution in [0, 0.1) is 6.92 Å². The van der Waals surface area contributed by atoms with Crippen LogP contribution in [-0.2, 0) is 13.0 Å². The van der Waals surface area contributed by atoms with Gasteiger partial charge < -0.3 is 4.90 Å². The molecule has 0 aromatic carbocycles. The van der Waals surface area contributed by atoms with Gasteiger partial charge in [0.25, 0.3) is 11.5 Å². The molecule has 3 aromatic rings. The van der Waals surface area contributed by atoms with Crippen molar-refractivity contribution in [2.24, 2.45) is 0 Å². The molecular formula is C15H12ClN5O2S. The summed E-state index contributed by atoms with van der Waals surface area (Å²) in [5.74, 6) is -0.349. The van der Waals surface area contributed by atoms with Crippen molar-refractivity contribution >= 4 is 33.8 Å². The molecule has 0 aliphatic carbocycles. The van der Waals surface area contributed by atoms with Gasteiger partial charge in [-0.15, -0.1) is 0 Å². The molecule has 0 saturated carbocycles. The quantitative estimate of drug-likeness (QED) is 0.659. The first kappa shape index (κ1) is 15.2. The average Bonchev–Trinajstić information content (AvgIpc) is 2.95. The molecule has 0 N–H and O–H groups in total. The standard InChI is InChI=1S/C15H12ClN5O2S/c1-8-19-21-14(23)11(6-18-15(21)24-8)13(22)20-3-2-12-9(7-20)4-10(16)5-17-12/h4-6H,2-3,7H2,1H3. The first-order valence-corrected chi connectivity index (χ1v) is 8.50. The molecule has 0 bridgehead atoms. The van der Waals surface area contributed by atoms with E-state index in [2.05, 4.69) is 15.1 Å². The third-order valence-corrected chi connectivity index (χ3v) is 4.96. The molecule has 1 amide bonds. The lowest BCUT2D eigenvalue weighted by molar-refractivity contribution is 0.0731. The molecule has 0 saturated heterocycles. The highest BCUT2D eigenvalue weighted by Gasteiger charge is 2.25. The molecule has 4 rings (SSSR count). The normalized spacial score (nSPS) is 14.0. The topological polar surface area (TPSA) is 80.5 Å². The van der Waals surface area contributed by atoms with Crippen molar-refractivity contribution in [1.82, 2.24) is 24.5 Å². The van der Waals surface area contributed by atoms with Crippen molar-refractivity contribution in [1.29, 1.82) is 0 Å². The summed E-state index contributed by atoms with van der Waals surface area (Å²) in [6.45, 7) is 2.66. The van der Waals surface area contributed by atoms with Gasteiger partial charge in [0.1, 0.15) is 10.6 Å². The minimum atomic E-state index is -0.440. The Hall–Kier alpha value is -2.32. The molecular weight excluding hydrogens is 350 g/mol. The number of aryl methyl sites for hydroxylation is 1. The molecule has 0 fully saturated rings. The lowest BCUT2D eigenvalue weighted by Crippen LogP contribution is -2.39. The lowest BCUT2D eigenvalue weighted by atomic mass is 10.1. The number of hydrogen-bond acceptors (Lipinski definition) is 6. The Morgan fingerprint density at radius 2 is 2.17 bits per heavy atom. The molecule has 7 nitrogen and oxygen atoms in total. The van der Waals surface area contributed by atoms with E-state index in [4.69, 9.17) is 11.6 Å². The van der Waals surface area contributed by atoms with Crippen molar-refractivity contribution in [3.05, 3.63) is 55.7 Å². The van der Waals surface area contributed by atoms with Crippen molar-refractivity contribution in [2.75, 3.05) is 6.54 Å². The van der Waals surface area contributed by atoms with Crippen LogP contribution in [0.3, 0.4) is 0 Å². The van der Waals surface area contributed by atoms with E-state index in [9.17, 15) is 9.59 Å². The highest BCUT2D eigenvalue weighted by molar-refractivity contribution is 7.16. The Kier molecular flexibility index (Phi) is 3.58. The highest BCUT2D eigenvalue weighted by Crippen LogP contribution is 2.21. The zero-order valence-corrected chi connectivity index (χ0v) is 14.3. The number of aromatic nitrogens is 4. The second-order valence-corrected chi connectivity index (χ2v) is 7.13. The first-order chi connectivity index (χ1) is 11.5. The summed E-state index contributed by atoms with van der Waals surface area (Å²) in [6, 6.07) is 1.81. The number of fused-ring (bicyclic) bond motifs is 2. The van der Waals surface area contributed by atoms with Crippen molar-refractivity contribution in [3.8, 4) is 0 Å². The zero-order chi connectivity index (χ0) is 16.8. The Labute approximate surface area is 145 Å². The Morgan fingerprint density at radius 3 is 3.00 bits per heavy atom. The fourth-order valence-corrected chi connectivity index (χ4v) is 3.65. The second-order valence-electron chi connectivity index (χ2n) is 5.53. The Bertz CT molecular complexity index is 1030. The van der Waals surface area contributed by atoms with E-state index >= 15 is 0 Å². The number of hydrogen-bond donors (Lipinski definition) is 0. The van der Waals surface area contributed by atoms with Crippen molar-refractivity contribution in [2.45, 2.75) is 19.9 Å². The van der Waals surface area contributed by atoms with Crippen LogP contribution in [-0.4, -0.2) is 36.9 Å². The SMILES string of the molecule is Cc1nn2c(=O)c(C(=O)N3CCc4ncc(Cl)cc4C3)cnc2s1. The Morgan fingerprint density at radius 1 is 1.33 bits per heavy atom. The van der Waals surface area contributed by atoms with E-state index in [0.717, 1.165) is 16.3 Å². The number of carbonyl (C=O) groups is 1. The largest absolute Gasteiger partial charge is 0.334 e. The van der Waals surface area contributed by atoms with Gasteiger partial charge in [0.2, 0.25) is 4.96 Å². The van der Waals surface area contributed by atoms with Gasteiger partial charge in [-0.05, 0) is 18.6 Å². The van der Waals surface area contributed by atoms with Crippen LogP contribution >= 0.6 is 22.9 Å². The van der Waals surface area contributed by atoms with Crippen LogP contribution in [0.15, 0.2) is 23.3 Å².